The molecule has 0 fully saturated rings. The summed E-state index contributed by atoms with van der Waals surface area (Å²) in [4.78, 5) is 31.8. The van der Waals surface area contributed by atoms with Crippen molar-refractivity contribution in [2.45, 2.75) is 19.0 Å². The third kappa shape index (κ3) is 3.86. The zero-order valence-corrected chi connectivity index (χ0v) is 17.1. The number of amides is 2. The number of nitrogens with zero attached hydrogens (tertiary/aromatic N) is 2. The minimum atomic E-state index is -0.493. The first-order valence-electron chi connectivity index (χ1n) is 9.51. The van der Waals surface area contributed by atoms with Crippen molar-refractivity contribution in [3.8, 4) is 5.75 Å². The van der Waals surface area contributed by atoms with Crippen LogP contribution in [0, 0.1) is 0 Å². The Labute approximate surface area is 179 Å². The van der Waals surface area contributed by atoms with Crippen molar-refractivity contribution in [3.63, 3.8) is 0 Å². The van der Waals surface area contributed by atoms with Gasteiger partial charge in [-0.3, -0.25) is 19.5 Å². The molecule has 0 bridgehead atoms. The van der Waals surface area contributed by atoms with Gasteiger partial charge < -0.3 is 10.1 Å². The molecule has 1 aliphatic rings. The van der Waals surface area contributed by atoms with Gasteiger partial charge in [0.1, 0.15) is 5.75 Å². The number of fused-ring (bicyclic) bond motifs is 1. The fraction of sp³-hybridized carbons (Fsp3) is 0.174. The maximum absolute atomic E-state index is 13.0. The molecule has 152 valence electrons. The number of methoxy groups -OCH3 is 1. The number of halogens is 1. The van der Waals surface area contributed by atoms with Gasteiger partial charge in [-0.15, -0.1) is 0 Å². The zero-order valence-electron chi connectivity index (χ0n) is 16.3. The van der Waals surface area contributed by atoms with E-state index < -0.39 is 6.04 Å². The number of carbonyl (C=O) groups is 2. The highest BCUT2D eigenvalue weighted by molar-refractivity contribution is 6.30. The second-order valence-corrected chi connectivity index (χ2v) is 7.33. The van der Waals surface area contributed by atoms with Crippen molar-refractivity contribution in [2.24, 2.45) is 0 Å². The summed E-state index contributed by atoms with van der Waals surface area (Å²) < 4.78 is 5.33. The van der Waals surface area contributed by atoms with E-state index in [9.17, 15) is 9.59 Å². The maximum Gasteiger partial charge on any atom is 0.260 e. The van der Waals surface area contributed by atoms with Crippen molar-refractivity contribution in [3.05, 3.63) is 88.7 Å². The molecule has 4 rings (SSSR count). The summed E-state index contributed by atoms with van der Waals surface area (Å²) in [7, 11) is 1.59. The Balaban J connectivity index is 1.56. The predicted octanol–water partition coefficient (Wildman–Crippen LogP) is 4.15. The van der Waals surface area contributed by atoms with Gasteiger partial charge in [0.25, 0.3) is 5.91 Å². The lowest BCUT2D eigenvalue weighted by Gasteiger charge is -2.24. The van der Waals surface area contributed by atoms with E-state index in [1.54, 1.807) is 54.6 Å². The summed E-state index contributed by atoms with van der Waals surface area (Å²) in [5.74, 6) is 0.350. The first-order valence-corrected chi connectivity index (χ1v) is 9.89. The van der Waals surface area contributed by atoms with E-state index in [1.807, 2.05) is 24.3 Å². The van der Waals surface area contributed by atoms with Gasteiger partial charge in [0.05, 0.1) is 30.8 Å². The van der Waals surface area contributed by atoms with Crippen LogP contribution in [0.5, 0.6) is 5.75 Å². The van der Waals surface area contributed by atoms with Gasteiger partial charge in [-0.2, -0.15) is 0 Å². The number of rotatable bonds is 6. The number of anilines is 1. The summed E-state index contributed by atoms with van der Waals surface area (Å²) in [6.45, 7) is 0.333. The Morgan fingerprint density at radius 2 is 1.90 bits per heavy atom. The fourth-order valence-electron chi connectivity index (χ4n) is 3.63. The van der Waals surface area contributed by atoms with Crippen molar-refractivity contribution in [2.75, 3.05) is 12.0 Å². The minimum absolute atomic E-state index is 0.0908. The average molecular weight is 422 g/mol. The first-order chi connectivity index (χ1) is 14.6. The Morgan fingerprint density at radius 1 is 1.13 bits per heavy atom. The molecule has 2 amide bonds. The van der Waals surface area contributed by atoms with Crippen LogP contribution in [0.2, 0.25) is 5.02 Å². The van der Waals surface area contributed by atoms with Crippen LogP contribution < -0.4 is 15.0 Å². The SMILES string of the molecule is COc1ccccc1CNC(=O)CC1c2ncccc2C(=O)N1c1ccc(Cl)cc1. The third-order valence-corrected chi connectivity index (χ3v) is 5.32. The molecule has 30 heavy (non-hydrogen) atoms. The molecule has 0 spiro atoms. The molecule has 0 aliphatic carbocycles. The van der Waals surface area contributed by atoms with E-state index >= 15 is 0 Å². The van der Waals surface area contributed by atoms with Crippen molar-refractivity contribution < 1.29 is 14.3 Å². The zero-order chi connectivity index (χ0) is 21.1. The number of para-hydroxylation sites is 1. The highest BCUT2D eigenvalue weighted by Crippen LogP contribution is 2.38. The third-order valence-electron chi connectivity index (χ3n) is 5.07. The van der Waals surface area contributed by atoms with Crippen LogP contribution in [-0.2, 0) is 11.3 Å². The normalized spacial score (nSPS) is 15.1. The Bertz CT molecular complexity index is 1090. The van der Waals surface area contributed by atoms with E-state index in [4.69, 9.17) is 16.3 Å². The molecule has 0 radical (unpaired) electrons. The molecule has 7 heteroatoms. The smallest absolute Gasteiger partial charge is 0.260 e. The van der Waals surface area contributed by atoms with Crippen LogP contribution in [0.15, 0.2) is 66.9 Å². The second-order valence-electron chi connectivity index (χ2n) is 6.90. The molecule has 2 aromatic carbocycles. The van der Waals surface area contributed by atoms with Gasteiger partial charge in [0.15, 0.2) is 0 Å². The number of carbonyl (C=O) groups excluding carboxylic acids is 2. The van der Waals surface area contributed by atoms with Crippen LogP contribution in [0.4, 0.5) is 5.69 Å². The highest BCUT2D eigenvalue weighted by Gasteiger charge is 2.39. The molecule has 1 aromatic heterocycles. The van der Waals surface area contributed by atoms with Gasteiger partial charge >= 0.3 is 0 Å². The van der Waals surface area contributed by atoms with E-state index in [0.29, 0.717) is 34.3 Å². The molecule has 1 atom stereocenters. The molecule has 2 heterocycles. The van der Waals surface area contributed by atoms with E-state index in [2.05, 4.69) is 10.3 Å². The van der Waals surface area contributed by atoms with Crippen LogP contribution >= 0.6 is 11.6 Å². The Kier molecular flexibility index (Phi) is 5.68. The molecule has 1 aliphatic heterocycles. The number of hydrogen-bond donors (Lipinski definition) is 1. The van der Waals surface area contributed by atoms with Crippen LogP contribution in [0.25, 0.3) is 0 Å². The Hall–Kier alpha value is -3.38. The largest absolute Gasteiger partial charge is 0.496 e. The molecular formula is C23H20ClN3O3. The maximum atomic E-state index is 13.0. The van der Waals surface area contributed by atoms with Gasteiger partial charge in [0.2, 0.25) is 5.91 Å². The summed E-state index contributed by atoms with van der Waals surface area (Å²) in [5.41, 5.74) is 2.66. The van der Waals surface area contributed by atoms with Crippen LogP contribution in [0.1, 0.15) is 34.1 Å². The lowest BCUT2D eigenvalue weighted by Crippen LogP contribution is -2.33. The Morgan fingerprint density at radius 3 is 2.67 bits per heavy atom. The topological polar surface area (TPSA) is 71.5 Å². The van der Waals surface area contributed by atoms with Gasteiger partial charge in [-0.05, 0) is 42.5 Å². The van der Waals surface area contributed by atoms with Crippen LogP contribution in [0.3, 0.4) is 0 Å². The molecule has 6 nitrogen and oxygen atoms in total. The monoisotopic (exact) mass is 421 g/mol. The molecular weight excluding hydrogens is 402 g/mol. The molecule has 3 aromatic rings. The number of hydrogen-bond acceptors (Lipinski definition) is 4. The number of aromatic nitrogens is 1. The summed E-state index contributed by atoms with van der Waals surface area (Å²) >= 11 is 6.00. The van der Waals surface area contributed by atoms with Gasteiger partial charge in [0, 0.05) is 29.0 Å². The number of nitrogens with one attached hydrogen (secondary N) is 1. The number of benzene rings is 2. The minimum Gasteiger partial charge on any atom is -0.496 e. The average Bonchev–Trinajstić information content (AvgIpc) is 3.05. The van der Waals surface area contributed by atoms with Crippen LogP contribution in [-0.4, -0.2) is 23.9 Å². The first kappa shape index (κ1) is 19.9. The van der Waals surface area contributed by atoms with Crippen molar-refractivity contribution in [1.29, 1.82) is 0 Å². The molecule has 0 saturated heterocycles. The van der Waals surface area contributed by atoms with Crippen molar-refractivity contribution in [1.82, 2.24) is 10.3 Å². The standard InChI is InChI=1S/C23H20ClN3O3/c1-30-20-7-3-2-5-15(20)14-26-21(28)13-19-22-18(6-4-12-25-22)23(29)27(19)17-10-8-16(24)9-11-17/h2-12,19H,13-14H2,1H3,(H,26,28). The van der Waals surface area contributed by atoms with E-state index in [1.165, 1.54) is 0 Å². The number of ether oxygens (including phenoxy) is 1. The lowest BCUT2D eigenvalue weighted by atomic mass is 10.1. The van der Waals surface area contributed by atoms with E-state index in [-0.39, 0.29) is 18.2 Å². The van der Waals surface area contributed by atoms with Crippen molar-refractivity contribution >= 4 is 29.1 Å². The summed E-state index contributed by atoms with van der Waals surface area (Å²) in [6, 6.07) is 17.5. The molecule has 1 N–H and O–H groups in total. The van der Waals surface area contributed by atoms with Gasteiger partial charge in [-0.25, -0.2) is 0 Å². The molecule has 0 saturated carbocycles. The van der Waals surface area contributed by atoms with E-state index in [0.717, 1.165) is 5.56 Å². The molecule has 1 unspecified atom stereocenters. The lowest BCUT2D eigenvalue weighted by molar-refractivity contribution is -0.121. The summed E-state index contributed by atoms with van der Waals surface area (Å²) in [5, 5.41) is 3.50. The quantitative estimate of drug-likeness (QED) is 0.649. The highest BCUT2D eigenvalue weighted by atomic mass is 35.5. The fourth-order valence-corrected chi connectivity index (χ4v) is 3.76. The van der Waals surface area contributed by atoms with Gasteiger partial charge in [-0.1, -0.05) is 29.8 Å². The number of pyridine rings is 1. The predicted molar refractivity (Wildman–Crippen MR) is 115 cm³/mol. The second kappa shape index (κ2) is 8.55. The summed E-state index contributed by atoms with van der Waals surface area (Å²) in [6.07, 6.45) is 1.73.